The average Bonchev–Trinajstić information content (AvgIpc) is 2.49. The van der Waals surface area contributed by atoms with Gasteiger partial charge in [-0.1, -0.05) is 6.92 Å². The van der Waals surface area contributed by atoms with Crippen molar-refractivity contribution in [1.82, 2.24) is 4.90 Å². The van der Waals surface area contributed by atoms with E-state index in [2.05, 4.69) is 30.1 Å². The molecule has 1 fully saturated rings. The summed E-state index contributed by atoms with van der Waals surface area (Å²) >= 11 is 0. The molecule has 0 radical (unpaired) electrons. The lowest BCUT2D eigenvalue weighted by Crippen LogP contribution is -2.42. The Labute approximate surface area is 126 Å². The van der Waals surface area contributed by atoms with Crippen LogP contribution in [-0.2, 0) is 0 Å². The number of hydrogen-bond donors (Lipinski definition) is 1. The highest BCUT2D eigenvalue weighted by molar-refractivity contribution is 5.57. The van der Waals surface area contributed by atoms with Gasteiger partial charge in [-0.2, -0.15) is 5.26 Å². The van der Waals surface area contributed by atoms with Crippen LogP contribution in [-0.4, -0.2) is 30.6 Å². The largest absolute Gasteiger partial charge is 0.381 e. The van der Waals surface area contributed by atoms with Crippen molar-refractivity contribution in [2.24, 2.45) is 5.92 Å². The van der Waals surface area contributed by atoms with Gasteiger partial charge in [0.1, 0.15) is 11.9 Å². The van der Waals surface area contributed by atoms with E-state index >= 15 is 0 Å². The fourth-order valence-electron chi connectivity index (χ4n) is 3.12. The van der Waals surface area contributed by atoms with Crippen molar-refractivity contribution >= 4 is 5.69 Å². The maximum Gasteiger partial charge on any atom is 0.124 e. The molecule has 2 rings (SSSR count). The predicted octanol–water partition coefficient (Wildman–Crippen LogP) is 3.62. The number of piperidine rings is 1. The number of nitrogens with one attached hydrogen (secondary N) is 1. The summed E-state index contributed by atoms with van der Waals surface area (Å²) in [6.45, 7) is 7.82. The Morgan fingerprint density at radius 1 is 1.52 bits per heavy atom. The first-order chi connectivity index (χ1) is 10.1. The van der Waals surface area contributed by atoms with Gasteiger partial charge in [-0.15, -0.1) is 0 Å². The summed E-state index contributed by atoms with van der Waals surface area (Å²) in [5, 5.41) is 12.5. The van der Waals surface area contributed by atoms with Gasteiger partial charge in [-0.25, -0.2) is 4.39 Å². The van der Waals surface area contributed by atoms with E-state index in [4.69, 9.17) is 5.26 Å². The molecule has 0 amide bonds. The Morgan fingerprint density at radius 2 is 2.33 bits per heavy atom. The molecule has 21 heavy (non-hydrogen) atoms. The van der Waals surface area contributed by atoms with E-state index in [1.807, 2.05) is 0 Å². The monoisotopic (exact) mass is 289 g/mol. The molecule has 1 aromatic carbocycles. The van der Waals surface area contributed by atoms with Gasteiger partial charge >= 0.3 is 0 Å². The quantitative estimate of drug-likeness (QED) is 0.900. The predicted molar refractivity (Wildman–Crippen MR) is 83.7 cm³/mol. The summed E-state index contributed by atoms with van der Waals surface area (Å²) in [5.41, 5.74) is 1.11. The van der Waals surface area contributed by atoms with Crippen LogP contribution in [0.1, 0.15) is 38.7 Å². The zero-order chi connectivity index (χ0) is 15.2. The van der Waals surface area contributed by atoms with Crippen LogP contribution in [0.3, 0.4) is 0 Å². The Morgan fingerprint density at radius 3 is 3.05 bits per heavy atom. The molecule has 1 aliphatic heterocycles. The molecule has 0 saturated carbocycles. The van der Waals surface area contributed by atoms with Crippen molar-refractivity contribution in [2.45, 2.75) is 39.2 Å². The van der Waals surface area contributed by atoms with Crippen LogP contribution in [0.5, 0.6) is 0 Å². The van der Waals surface area contributed by atoms with Gasteiger partial charge in [0.05, 0.1) is 11.3 Å². The van der Waals surface area contributed by atoms with Gasteiger partial charge in [0.25, 0.3) is 0 Å². The summed E-state index contributed by atoms with van der Waals surface area (Å²) in [6.07, 6.45) is 3.62. The minimum absolute atomic E-state index is 0.280. The number of halogens is 1. The van der Waals surface area contributed by atoms with Gasteiger partial charge < -0.3 is 10.2 Å². The highest BCUT2D eigenvalue weighted by Gasteiger charge is 2.24. The Balaban J connectivity index is 2.01. The Kier molecular flexibility index (Phi) is 5.58. The van der Waals surface area contributed by atoms with Crippen molar-refractivity contribution in [3.8, 4) is 6.07 Å². The fraction of sp³-hybridized carbons (Fsp3) is 0.588. The standard InChI is InChI=1S/C17H24FN3/c1-3-8-21-9-4-5-14(12-21)13(2)20-17-7-6-16(18)10-15(17)11-19/h6-7,10,13-14,20H,3-5,8-9,12H2,1-2H3. The number of benzene rings is 1. The van der Waals surface area contributed by atoms with Crippen LogP contribution >= 0.6 is 0 Å². The molecule has 2 unspecified atom stereocenters. The topological polar surface area (TPSA) is 39.1 Å². The van der Waals surface area contributed by atoms with Gasteiger partial charge in [0, 0.05) is 12.6 Å². The maximum absolute atomic E-state index is 13.2. The van der Waals surface area contributed by atoms with Crippen LogP contribution in [0, 0.1) is 23.1 Å². The summed E-state index contributed by atoms with van der Waals surface area (Å²) in [6, 6.07) is 6.70. The minimum Gasteiger partial charge on any atom is -0.381 e. The first kappa shape index (κ1) is 15.8. The lowest BCUT2D eigenvalue weighted by molar-refractivity contribution is 0.165. The van der Waals surface area contributed by atoms with E-state index in [-0.39, 0.29) is 11.9 Å². The van der Waals surface area contributed by atoms with Gasteiger partial charge in [-0.3, -0.25) is 0 Å². The second-order valence-electron chi connectivity index (χ2n) is 5.94. The third-order valence-electron chi connectivity index (χ3n) is 4.27. The molecule has 1 heterocycles. The van der Waals surface area contributed by atoms with E-state index < -0.39 is 0 Å². The maximum atomic E-state index is 13.2. The molecule has 2 atom stereocenters. The molecule has 1 aliphatic rings. The molecule has 114 valence electrons. The van der Waals surface area contributed by atoms with E-state index in [1.54, 1.807) is 6.07 Å². The van der Waals surface area contributed by atoms with Crippen LogP contribution in [0.15, 0.2) is 18.2 Å². The third kappa shape index (κ3) is 4.18. The Hall–Kier alpha value is -1.60. The third-order valence-corrected chi connectivity index (χ3v) is 4.27. The summed E-state index contributed by atoms with van der Waals surface area (Å²) in [7, 11) is 0. The number of anilines is 1. The molecular weight excluding hydrogens is 265 g/mol. The van der Waals surface area contributed by atoms with Crippen molar-refractivity contribution in [3.63, 3.8) is 0 Å². The Bertz CT molecular complexity index is 507. The first-order valence-corrected chi connectivity index (χ1v) is 7.82. The zero-order valence-electron chi connectivity index (χ0n) is 12.9. The number of hydrogen-bond acceptors (Lipinski definition) is 3. The molecule has 0 bridgehead atoms. The summed E-state index contributed by atoms with van der Waals surface area (Å²) in [5.74, 6) is 0.207. The molecule has 1 N–H and O–H groups in total. The average molecular weight is 289 g/mol. The van der Waals surface area contributed by atoms with Crippen molar-refractivity contribution in [1.29, 1.82) is 5.26 Å². The smallest absolute Gasteiger partial charge is 0.124 e. The normalized spacial score (nSPS) is 20.8. The molecule has 0 aromatic heterocycles. The van der Waals surface area contributed by atoms with Gasteiger partial charge in [0.15, 0.2) is 0 Å². The SMILES string of the molecule is CCCN1CCCC(C(C)Nc2ccc(F)cc2C#N)C1. The zero-order valence-corrected chi connectivity index (χ0v) is 12.9. The number of likely N-dealkylation sites (tertiary alicyclic amines) is 1. The number of nitrogens with zero attached hydrogens (tertiary/aromatic N) is 2. The highest BCUT2D eigenvalue weighted by atomic mass is 19.1. The molecule has 0 spiro atoms. The van der Waals surface area contributed by atoms with Crippen LogP contribution in [0.2, 0.25) is 0 Å². The van der Waals surface area contributed by atoms with Crippen molar-refractivity contribution < 1.29 is 4.39 Å². The first-order valence-electron chi connectivity index (χ1n) is 7.82. The van der Waals surface area contributed by atoms with E-state index in [9.17, 15) is 4.39 Å². The van der Waals surface area contributed by atoms with Crippen LogP contribution < -0.4 is 5.32 Å². The second-order valence-corrected chi connectivity index (χ2v) is 5.94. The number of nitriles is 1. The lowest BCUT2D eigenvalue weighted by Gasteiger charge is -2.36. The van der Waals surface area contributed by atoms with Crippen LogP contribution in [0.25, 0.3) is 0 Å². The summed E-state index contributed by atoms with van der Waals surface area (Å²) in [4.78, 5) is 2.52. The molecule has 3 nitrogen and oxygen atoms in total. The second kappa shape index (κ2) is 7.42. The molecular formula is C17H24FN3. The van der Waals surface area contributed by atoms with Crippen LogP contribution in [0.4, 0.5) is 10.1 Å². The molecule has 0 aliphatic carbocycles. The molecule has 1 saturated heterocycles. The van der Waals surface area contributed by atoms with E-state index in [1.165, 1.54) is 37.9 Å². The minimum atomic E-state index is -0.364. The lowest BCUT2D eigenvalue weighted by atomic mass is 9.91. The van der Waals surface area contributed by atoms with E-state index in [0.717, 1.165) is 18.8 Å². The highest BCUT2D eigenvalue weighted by Crippen LogP contribution is 2.24. The van der Waals surface area contributed by atoms with E-state index in [0.29, 0.717) is 11.5 Å². The van der Waals surface area contributed by atoms with Crippen molar-refractivity contribution in [3.05, 3.63) is 29.6 Å². The number of rotatable bonds is 5. The molecule has 4 heteroatoms. The van der Waals surface area contributed by atoms with Gasteiger partial charge in [-0.05, 0) is 63.4 Å². The summed E-state index contributed by atoms with van der Waals surface area (Å²) < 4.78 is 13.2. The van der Waals surface area contributed by atoms with Gasteiger partial charge in [0.2, 0.25) is 0 Å². The van der Waals surface area contributed by atoms with Crippen molar-refractivity contribution in [2.75, 3.05) is 25.0 Å². The molecule has 1 aromatic rings. The fourth-order valence-corrected chi connectivity index (χ4v) is 3.12.